The molecule has 2 aromatic heterocycles. The maximum absolute atomic E-state index is 13.3. The lowest BCUT2D eigenvalue weighted by molar-refractivity contribution is 0.101. The Balaban J connectivity index is 1.94. The molecule has 1 amide bonds. The SMILES string of the molecule is Cc1ccc(NC(=O)c2cc3ccc(F)cc3n2C)nc1. The topological polar surface area (TPSA) is 46.9 Å². The normalized spacial score (nSPS) is 10.8. The van der Waals surface area contributed by atoms with Gasteiger partial charge in [-0.3, -0.25) is 4.79 Å². The number of halogens is 1. The second kappa shape index (κ2) is 5.01. The number of pyridine rings is 1. The van der Waals surface area contributed by atoms with E-state index in [9.17, 15) is 9.18 Å². The zero-order chi connectivity index (χ0) is 15.0. The van der Waals surface area contributed by atoms with Crippen molar-refractivity contribution in [1.29, 1.82) is 0 Å². The largest absolute Gasteiger partial charge is 0.340 e. The van der Waals surface area contributed by atoms with Crippen molar-refractivity contribution in [3.05, 3.63) is 59.7 Å². The summed E-state index contributed by atoms with van der Waals surface area (Å²) in [7, 11) is 1.74. The van der Waals surface area contributed by atoms with Gasteiger partial charge in [0.1, 0.15) is 17.3 Å². The number of carbonyl (C=O) groups excluding carboxylic acids is 1. The van der Waals surface area contributed by atoms with Crippen LogP contribution in [0, 0.1) is 12.7 Å². The van der Waals surface area contributed by atoms with E-state index in [1.54, 1.807) is 36.0 Å². The summed E-state index contributed by atoms with van der Waals surface area (Å²) in [5.74, 6) is -0.108. The molecule has 1 N–H and O–H groups in total. The fourth-order valence-electron chi connectivity index (χ4n) is 2.24. The first-order valence-corrected chi connectivity index (χ1v) is 6.53. The Labute approximate surface area is 121 Å². The van der Waals surface area contributed by atoms with Crippen LogP contribution in [-0.4, -0.2) is 15.5 Å². The van der Waals surface area contributed by atoms with Gasteiger partial charge in [0, 0.05) is 18.6 Å². The van der Waals surface area contributed by atoms with E-state index in [0.717, 1.165) is 10.9 Å². The molecule has 0 atom stereocenters. The lowest BCUT2D eigenvalue weighted by Gasteiger charge is -2.06. The van der Waals surface area contributed by atoms with Gasteiger partial charge in [0.2, 0.25) is 0 Å². The van der Waals surface area contributed by atoms with Crippen LogP contribution >= 0.6 is 0 Å². The van der Waals surface area contributed by atoms with Crippen LogP contribution in [0.15, 0.2) is 42.6 Å². The summed E-state index contributed by atoms with van der Waals surface area (Å²) >= 11 is 0. The first kappa shape index (κ1) is 13.3. The highest BCUT2D eigenvalue weighted by molar-refractivity contribution is 6.05. The quantitative estimate of drug-likeness (QED) is 0.784. The zero-order valence-electron chi connectivity index (χ0n) is 11.7. The smallest absolute Gasteiger partial charge is 0.273 e. The van der Waals surface area contributed by atoms with Crippen molar-refractivity contribution in [3.63, 3.8) is 0 Å². The van der Waals surface area contributed by atoms with Gasteiger partial charge in [-0.1, -0.05) is 6.07 Å². The van der Waals surface area contributed by atoms with Gasteiger partial charge in [0.25, 0.3) is 5.91 Å². The van der Waals surface area contributed by atoms with Crippen LogP contribution in [0.4, 0.5) is 10.2 Å². The molecule has 0 spiro atoms. The Morgan fingerprint density at radius 3 is 2.76 bits per heavy atom. The summed E-state index contributed by atoms with van der Waals surface area (Å²) < 4.78 is 15.0. The van der Waals surface area contributed by atoms with Crippen LogP contribution in [0.25, 0.3) is 10.9 Å². The Morgan fingerprint density at radius 1 is 1.24 bits per heavy atom. The maximum Gasteiger partial charge on any atom is 0.273 e. The van der Waals surface area contributed by atoms with Crippen LogP contribution in [0.3, 0.4) is 0 Å². The van der Waals surface area contributed by atoms with Gasteiger partial charge in [0.05, 0.1) is 5.52 Å². The number of anilines is 1. The van der Waals surface area contributed by atoms with Crippen molar-refractivity contribution >= 4 is 22.6 Å². The Bertz CT molecular complexity index is 821. The first-order chi connectivity index (χ1) is 10.0. The molecule has 3 rings (SSSR count). The number of benzene rings is 1. The fraction of sp³-hybridized carbons (Fsp3) is 0.125. The number of rotatable bonds is 2. The first-order valence-electron chi connectivity index (χ1n) is 6.53. The molecule has 1 aromatic carbocycles. The van der Waals surface area contributed by atoms with Crippen molar-refractivity contribution in [2.75, 3.05) is 5.32 Å². The number of fused-ring (bicyclic) bond motifs is 1. The van der Waals surface area contributed by atoms with Crippen molar-refractivity contribution in [1.82, 2.24) is 9.55 Å². The number of amides is 1. The Kier molecular flexibility index (Phi) is 3.17. The van der Waals surface area contributed by atoms with E-state index in [-0.39, 0.29) is 11.7 Å². The third-order valence-electron chi connectivity index (χ3n) is 3.39. The van der Waals surface area contributed by atoms with Crippen molar-refractivity contribution < 1.29 is 9.18 Å². The maximum atomic E-state index is 13.3. The molecule has 0 saturated carbocycles. The van der Waals surface area contributed by atoms with Gasteiger partial charge in [0.15, 0.2) is 0 Å². The highest BCUT2D eigenvalue weighted by Crippen LogP contribution is 2.20. The fourth-order valence-corrected chi connectivity index (χ4v) is 2.24. The second-order valence-corrected chi connectivity index (χ2v) is 4.97. The molecule has 0 fully saturated rings. The van der Waals surface area contributed by atoms with E-state index in [4.69, 9.17) is 0 Å². The summed E-state index contributed by atoms with van der Waals surface area (Å²) in [6.07, 6.45) is 1.69. The van der Waals surface area contributed by atoms with Crippen LogP contribution in [0.2, 0.25) is 0 Å². The highest BCUT2D eigenvalue weighted by Gasteiger charge is 2.14. The van der Waals surface area contributed by atoms with E-state index in [0.29, 0.717) is 17.0 Å². The van der Waals surface area contributed by atoms with Crippen molar-refractivity contribution in [2.24, 2.45) is 7.05 Å². The lowest BCUT2D eigenvalue weighted by atomic mass is 10.2. The predicted octanol–water partition coefficient (Wildman–Crippen LogP) is 3.27. The number of hydrogen-bond acceptors (Lipinski definition) is 2. The number of nitrogens with zero attached hydrogens (tertiary/aromatic N) is 2. The lowest BCUT2D eigenvalue weighted by Crippen LogP contribution is -2.16. The third-order valence-corrected chi connectivity index (χ3v) is 3.39. The van der Waals surface area contributed by atoms with Gasteiger partial charge in [-0.15, -0.1) is 0 Å². The standard InChI is InChI=1S/C16H14FN3O/c1-10-3-6-15(18-9-10)19-16(21)14-7-11-4-5-12(17)8-13(11)20(14)2/h3-9H,1-2H3,(H,18,19,21). The molecule has 2 heterocycles. The number of aromatic nitrogens is 2. The van der Waals surface area contributed by atoms with Crippen LogP contribution in [-0.2, 0) is 7.05 Å². The number of aryl methyl sites for hydroxylation is 2. The minimum absolute atomic E-state index is 0.273. The van der Waals surface area contributed by atoms with Crippen LogP contribution in [0.1, 0.15) is 16.1 Å². The molecular formula is C16H14FN3O. The molecule has 0 aliphatic heterocycles. The molecular weight excluding hydrogens is 269 g/mol. The van der Waals surface area contributed by atoms with Gasteiger partial charge in [-0.05, 0) is 42.8 Å². The Morgan fingerprint density at radius 2 is 2.05 bits per heavy atom. The third kappa shape index (κ3) is 2.50. The molecule has 21 heavy (non-hydrogen) atoms. The molecule has 0 bridgehead atoms. The van der Waals surface area contributed by atoms with E-state index in [1.807, 2.05) is 13.0 Å². The minimum atomic E-state index is -0.323. The molecule has 106 valence electrons. The van der Waals surface area contributed by atoms with Crippen molar-refractivity contribution in [3.8, 4) is 0 Å². The Hall–Kier alpha value is -2.69. The van der Waals surface area contributed by atoms with Gasteiger partial charge in [-0.25, -0.2) is 9.37 Å². The molecule has 4 nitrogen and oxygen atoms in total. The summed E-state index contributed by atoms with van der Waals surface area (Å²) in [5, 5.41) is 3.56. The van der Waals surface area contributed by atoms with E-state index < -0.39 is 0 Å². The molecule has 0 saturated heterocycles. The number of carbonyl (C=O) groups is 1. The van der Waals surface area contributed by atoms with Crippen LogP contribution < -0.4 is 5.32 Å². The number of nitrogens with one attached hydrogen (secondary N) is 1. The molecule has 0 radical (unpaired) electrons. The average molecular weight is 283 g/mol. The van der Waals surface area contributed by atoms with E-state index >= 15 is 0 Å². The molecule has 5 heteroatoms. The second-order valence-electron chi connectivity index (χ2n) is 4.97. The summed E-state index contributed by atoms with van der Waals surface area (Å²) in [4.78, 5) is 16.4. The predicted molar refractivity (Wildman–Crippen MR) is 79.8 cm³/mol. The van der Waals surface area contributed by atoms with Crippen molar-refractivity contribution in [2.45, 2.75) is 6.92 Å². The summed E-state index contributed by atoms with van der Waals surface area (Å²) in [6, 6.07) is 9.81. The van der Waals surface area contributed by atoms with Gasteiger partial charge in [-0.2, -0.15) is 0 Å². The average Bonchev–Trinajstić information content (AvgIpc) is 2.79. The minimum Gasteiger partial charge on any atom is -0.340 e. The highest BCUT2D eigenvalue weighted by atomic mass is 19.1. The number of hydrogen-bond donors (Lipinski definition) is 1. The molecule has 3 aromatic rings. The van der Waals surface area contributed by atoms with E-state index in [1.165, 1.54) is 12.1 Å². The van der Waals surface area contributed by atoms with Gasteiger partial charge < -0.3 is 9.88 Å². The van der Waals surface area contributed by atoms with Crippen LogP contribution in [0.5, 0.6) is 0 Å². The van der Waals surface area contributed by atoms with E-state index in [2.05, 4.69) is 10.3 Å². The monoisotopic (exact) mass is 283 g/mol. The molecule has 0 aliphatic rings. The van der Waals surface area contributed by atoms with Gasteiger partial charge >= 0.3 is 0 Å². The zero-order valence-corrected chi connectivity index (χ0v) is 11.7. The summed E-state index contributed by atoms with van der Waals surface area (Å²) in [6.45, 7) is 1.93. The molecule has 0 unspecified atom stereocenters. The molecule has 0 aliphatic carbocycles. The summed E-state index contributed by atoms with van der Waals surface area (Å²) in [5.41, 5.74) is 2.16.